The van der Waals surface area contributed by atoms with Crippen molar-refractivity contribution in [2.24, 2.45) is 5.11 Å². The van der Waals surface area contributed by atoms with Crippen molar-refractivity contribution in [2.45, 2.75) is 32.2 Å². The Labute approximate surface area is 103 Å². The summed E-state index contributed by atoms with van der Waals surface area (Å²) in [6.07, 6.45) is 3.47. The summed E-state index contributed by atoms with van der Waals surface area (Å²) in [5.74, 6) is 0. The molecule has 0 saturated heterocycles. The minimum Gasteiger partial charge on any atom is -0.316 e. The summed E-state index contributed by atoms with van der Waals surface area (Å²) in [4.78, 5) is 2.78. The molecule has 92 valence electrons. The Morgan fingerprint density at radius 3 is 2.76 bits per heavy atom. The molecule has 0 aliphatic carbocycles. The second kappa shape index (κ2) is 8.62. The van der Waals surface area contributed by atoms with E-state index in [0.717, 1.165) is 25.9 Å². The van der Waals surface area contributed by atoms with E-state index in [-0.39, 0.29) is 6.04 Å². The van der Waals surface area contributed by atoms with Crippen molar-refractivity contribution in [3.8, 4) is 0 Å². The second-order valence-corrected chi connectivity index (χ2v) is 4.20. The molecule has 0 aliphatic heterocycles. The van der Waals surface area contributed by atoms with Crippen molar-refractivity contribution in [3.63, 3.8) is 0 Å². The van der Waals surface area contributed by atoms with Crippen LogP contribution in [0.15, 0.2) is 35.4 Å². The van der Waals surface area contributed by atoms with E-state index >= 15 is 0 Å². The zero-order valence-electron chi connectivity index (χ0n) is 10.3. The van der Waals surface area contributed by atoms with Gasteiger partial charge in [0.15, 0.2) is 0 Å². The molecule has 1 rings (SSSR count). The van der Waals surface area contributed by atoms with Crippen molar-refractivity contribution in [1.82, 2.24) is 5.32 Å². The lowest BCUT2D eigenvalue weighted by Crippen LogP contribution is -2.24. The molecule has 0 saturated carbocycles. The molecule has 1 N–H and O–H groups in total. The highest BCUT2D eigenvalue weighted by molar-refractivity contribution is 5.14. The summed E-state index contributed by atoms with van der Waals surface area (Å²) in [6, 6.07) is 10.6. The molecule has 0 aliphatic rings. The first kappa shape index (κ1) is 13.6. The fourth-order valence-corrected chi connectivity index (χ4v) is 1.66. The third kappa shape index (κ3) is 6.61. The van der Waals surface area contributed by atoms with Crippen LogP contribution in [-0.4, -0.2) is 19.1 Å². The Morgan fingerprint density at radius 1 is 1.29 bits per heavy atom. The van der Waals surface area contributed by atoms with Gasteiger partial charge in [-0.05, 0) is 36.9 Å². The molecule has 17 heavy (non-hydrogen) atoms. The molecule has 0 aromatic heterocycles. The molecule has 0 heterocycles. The van der Waals surface area contributed by atoms with E-state index in [9.17, 15) is 0 Å². The van der Waals surface area contributed by atoms with Crippen LogP contribution in [0.5, 0.6) is 0 Å². The van der Waals surface area contributed by atoms with Crippen molar-refractivity contribution < 1.29 is 0 Å². The van der Waals surface area contributed by atoms with Crippen molar-refractivity contribution >= 4 is 0 Å². The van der Waals surface area contributed by atoms with Crippen LogP contribution in [-0.2, 0) is 6.42 Å². The second-order valence-electron chi connectivity index (χ2n) is 4.20. The van der Waals surface area contributed by atoms with E-state index < -0.39 is 0 Å². The van der Waals surface area contributed by atoms with Gasteiger partial charge in [-0.25, -0.2) is 0 Å². The average molecular weight is 232 g/mol. The molecular formula is C13H20N4. The average Bonchev–Trinajstić information content (AvgIpc) is 2.35. The van der Waals surface area contributed by atoms with Crippen molar-refractivity contribution in [2.75, 3.05) is 13.1 Å². The van der Waals surface area contributed by atoms with Gasteiger partial charge >= 0.3 is 0 Å². The third-order valence-electron chi connectivity index (χ3n) is 2.60. The van der Waals surface area contributed by atoms with Gasteiger partial charge in [0, 0.05) is 17.5 Å². The SMILES string of the molecule is CC(CNCCCCc1ccccc1)N=[N+]=[N-]. The maximum absolute atomic E-state index is 8.23. The van der Waals surface area contributed by atoms with Crippen LogP contribution in [0.4, 0.5) is 0 Å². The van der Waals surface area contributed by atoms with Crippen LogP contribution in [0.1, 0.15) is 25.3 Å². The Bertz CT molecular complexity index is 344. The number of hydrogen-bond donors (Lipinski definition) is 1. The predicted octanol–water partition coefficient (Wildman–Crippen LogP) is 3.30. The van der Waals surface area contributed by atoms with E-state index in [0.29, 0.717) is 0 Å². The van der Waals surface area contributed by atoms with E-state index in [4.69, 9.17) is 5.53 Å². The van der Waals surface area contributed by atoms with Gasteiger partial charge < -0.3 is 5.32 Å². The quantitative estimate of drug-likeness (QED) is 0.318. The fraction of sp³-hybridized carbons (Fsp3) is 0.538. The summed E-state index contributed by atoms with van der Waals surface area (Å²) in [6.45, 7) is 3.66. The standard InChI is InChI=1S/C13H20N4/c1-12(16-17-14)11-15-10-6-5-9-13-7-3-2-4-8-13/h2-4,7-8,12,15H,5-6,9-11H2,1H3. The van der Waals surface area contributed by atoms with Crippen LogP contribution in [0.3, 0.4) is 0 Å². The number of rotatable bonds is 8. The van der Waals surface area contributed by atoms with Gasteiger partial charge in [0.25, 0.3) is 0 Å². The summed E-state index contributed by atoms with van der Waals surface area (Å²) in [7, 11) is 0. The molecule has 1 aromatic rings. The van der Waals surface area contributed by atoms with Gasteiger partial charge in [0.2, 0.25) is 0 Å². The van der Waals surface area contributed by atoms with Gasteiger partial charge in [0.1, 0.15) is 0 Å². The van der Waals surface area contributed by atoms with E-state index in [1.165, 1.54) is 12.0 Å². The summed E-state index contributed by atoms with van der Waals surface area (Å²) < 4.78 is 0. The first-order valence-electron chi connectivity index (χ1n) is 6.12. The minimum atomic E-state index is 0.0362. The molecule has 0 spiro atoms. The number of benzene rings is 1. The number of unbranched alkanes of at least 4 members (excludes halogenated alkanes) is 1. The third-order valence-corrected chi connectivity index (χ3v) is 2.60. The number of azide groups is 1. The Balaban J connectivity index is 2.00. The van der Waals surface area contributed by atoms with Crippen LogP contribution in [0.25, 0.3) is 10.4 Å². The summed E-state index contributed by atoms with van der Waals surface area (Å²) >= 11 is 0. The highest BCUT2D eigenvalue weighted by atomic mass is 15.2. The van der Waals surface area contributed by atoms with E-state index in [2.05, 4.69) is 39.6 Å². The highest BCUT2D eigenvalue weighted by Gasteiger charge is 1.97. The monoisotopic (exact) mass is 232 g/mol. The molecule has 0 bridgehead atoms. The first-order valence-corrected chi connectivity index (χ1v) is 6.12. The maximum Gasteiger partial charge on any atom is 0.0470 e. The molecule has 4 nitrogen and oxygen atoms in total. The fourth-order valence-electron chi connectivity index (χ4n) is 1.66. The maximum atomic E-state index is 8.23. The number of nitrogens with one attached hydrogen (secondary N) is 1. The van der Waals surface area contributed by atoms with Gasteiger partial charge in [-0.3, -0.25) is 0 Å². The topological polar surface area (TPSA) is 60.8 Å². The predicted molar refractivity (Wildman–Crippen MR) is 70.9 cm³/mol. The van der Waals surface area contributed by atoms with Crippen LogP contribution >= 0.6 is 0 Å². The lowest BCUT2D eigenvalue weighted by molar-refractivity contribution is 0.576. The summed E-state index contributed by atoms with van der Waals surface area (Å²) in [5, 5.41) is 6.90. The Morgan fingerprint density at radius 2 is 2.06 bits per heavy atom. The van der Waals surface area contributed by atoms with Crippen LogP contribution < -0.4 is 5.32 Å². The number of nitrogens with zero attached hydrogens (tertiary/aromatic N) is 3. The highest BCUT2D eigenvalue weighted by Crippen LogP contribution is 2.03. The lowest BCUT2D eigenvalue weighted by Gasteiger charge is -2.06. The van der Waals surface area contributed by atoms with E-state index in [1.807, 2.05) is 13.0 Å². The van der Waals surface area contributed by atoms with E-state index in [1.54, 1.807) is 0 Å². The van der Waals surface area contributed by atoms with Crippen LogP contribution in [0.2, 0.25) is 0 Å². The van der Waals surface area contributed by atoms with Gasteiger partial charge in [-0.15, -0.1) is 0 Å². The zero-order chi connectivity index (χ0) is 12.3. The molecule has 0 amide bonds. The molecule has 1 aromatic carbocycles. The normalized spacial score (nSPS) is 11.8. The number of hydrogen-bond acceptors (Lipinski definition) is 2. The van der Waals surface area contributed by atoms with Crippen molar-refractivity contribution in [1.29, 1.82) is 0 Å². The smallest absolute Gasteiger partial charge is 0.0470 e. The molecule has 4 heteroatoms. The Hall–Kier alpha value is -1.51. The minimum absolute atomic E-state index is 0.0362. The zero-order valence-corrected chi connectivity index (χ0v) is 10.3. The molecular weight excluding hydrogens is 212 g/mol. The molecule has 1 atom stereocenters. The summed E-state index contributed by atoms with van der Waals surface area (Å²) in [5.41, 5.74) is 9.63. The lowest BCUT2D eigenvalue weighted by atomic mass is 10.1. The largest absolute Gasteiger partial charge is 0.316 e. The Kier molecular flexibility index (Phi) is 6.87. The van der Waals surface area contributed by atoms with Crippen molar-refractivity contribution in [3.05, 3.63) is 46.3 Å². The molecule has 1 unspecified atom stereocenters. The van der Waals surface area contributed by atoms with Gasteiger partial charge in [-0.1, -0.05) is 42.4 Å². The van der Waals surface area contributed by atoms with Crippen LogP contribution in [0, 0.1) is 0 Å². The molecule has 0 fully saturated rings. The van der Waals surface area contributed by atoms with Gasteiger partial charge in [0.05, 0.1) is 0 Å². The number of aryl methyl sites for hydroxylation is 1. The molecule has 0 radical (unpaired) electrons. The first-order chi connectivity index (χ1) is 8.33. The van der Waals surface area contributed by atoms with Gasteiger partial charge in [-0.2, -0.15) is 0 Å².